The minimum atomic E-state index is -0.464. The maximum absolute atomic E-state index is 11.9. The normalized spacial score (nSPS) is 21.6. The highest BCUT2D eigenvalue weighted by Gasteiger charge is 2.34. The molecule has 1 aromatic rings. The molecule has 0 aromatic heterocycles. The maximum atomic E-state index is 11.9. The Balaban J connectivity index is 1.86. The van der Waals surface area contributed by atoms with E-state index in [0.29, 0.717) is 36.9 Å². The number of amides is 1. The van der Waals surface area contributed by atoms with Crippen molar-refractivity contribution < 1.29 is 19.1 Å². The highest BCUT2D eigenvalue weighted by atomic mass is 35.5. The van der Waals surface area contributed by atoms with Crippen molar-refractivity contribution in [3.05, 3.63) is 18.2 Å². The largest absolute Gasteiger partial charge is 0.486 e. The third kappa shape index (κ3) is 2.26. The Kier molecular flexibility index (Phi) is 3.06. The Morgan fingerprint density at radius 3 is 2.68 bits per heavy atom. The zero-order chi connectivity index (χ0) is 13.4. The van der Waals surface area contributed by atoms with E-state index in [0.717, 1.165) is 0 Å². The second-order valence-electron chi connectivity index (χ2n) is 4.54. The molecule has 2 aliphatic heterocycles. The van der Waals surface area contributed by atoms with Gasteiger partial charge < -0.3 is 14.4 Å². The van der Waals surface area contributed by atoms with E-state index in [1.54, 1.807) is 23.1 Å². The van der Waals surface area contributed by atoms with E-state index in [1.807, 2.05) is 0 Å². The molecule has 1 aromatic carbocycles. The van der Waals surface area contributed by atoms with Crippen LogP contribution in [0.15, 0.2) is 18.2 Å². The van der Waals surface area contributed by atoms with Crippen molar-refractivity contribution in [3.63, 3.8) is 0 Å². The Labute approximate surface area is 115 Å². The first-order chi connectivity index (χ1) is 9.15. The molecule has 1 amide bonds. The van der Waals surface area contributed by atoms with Crippen LogP contribution < -0.4 is 14.4 Å². The van der Waals surface area contributed by atoms with Crippen LogP contribution in [-0.2, 0) is 9.59 Å². The lowest BCUT2D eigenvalue weighted by Crippen LogP contribution is -2.25. The number of carbonyl (C=O) groups excluding carboxylic acids is 2. The first-order valence-corrected chi connectivity index (χ1v) is 6.42. The van der Waals surface area contributed by atoms with Crippen LogP contribution >= 0.6 is 11.6 Å². The predicted octanol–water partition coefficient (Wildman–Crippen LogP) is 1.58. The molecular weight excluding hydrogens is 270 g/mol. The SMILES string of the molecule is O=C(Cl)C1CC(=O)N(c2ccc3c(c2)OCCO3)C1. The molecule has 0 saturated carbocycles. The Hall–Kier alpha value is -1.75. The highest BCUT2D eigenvalue weighted by molar-refractivity contribution is 6.64. The highest BCUT2D eigenvalue weighted by Crippen LogP contribution is 2.36. The van der Waals surface area contributed by atoms with Crippen molar-refractivity contribution in [1.29, 1.82) is 0 Å². The molecule has 0 bridgehead atoms. The van der Waals surface area contributed by atoms with Crippen LogP contribution in [-0.4, -0.2) is 30.9 Å². The van der Waals surface area contributed by atoms with Gasteiger partial charge in [-0.2, -0.15) is 0 Å². The summed E-state index contributed by atoms with van der Waals surface area (Å²) in [5.41, 5.74) is 0.703. The lowest BCUT2D eigenvalue weighted by atomic mass is 10.1. The summed E-state index contributed by atoms with van der Waals surface area (Å²) in [7, 11) is 0. The molecule has 100 valence electrons. The van der Waals surface area contributed by atoms with Gasteiger partial charge in [0, 0.05) is 24.7 Å². The molecule has 3 rings (SSSR count). The van der Waals surface area contributed by atoms with E-state index in [4.69, 9.17) is 21.1 Å². The molecule has 0 aliphatic carbocycles. The summed E-state index contributed by atoms with van der Waals surface area (Å²) >= 11 is 5.46. The molecule has 2 heterocycles. The van der Waals surface area contributed by atoms with E-state index in [9.17, 15) is 9.59 Å². The van der Waals surface area contributed by atoms with Crippen molar-refractivity contribution in [2.75, 3.05) is 24.7 Å². The van der Waals surface area contributed by atoms with E-state index in [2.05, 4.69) is 0 Å². The fourth-order valence-corrected chi connectivity index (χ4v) is 2.46. The Morgan fingerprint density at radius 2 is 2.00 bits per heavy atom. The topological polar surface area (TPSA) is 55.8 Å². The van der Waals surface area contributed by atoms with Gasteiger partial charge in [0.25, 0.3) is 0 Å². The number of hydrogen-bond acceptors (Lipinski definition) is 4. The smallest absolute Gasteiger partial charge is 0.227 e. The Morgan fingerprint density at radius 1 is 1.26 bits per heavy atom. The van der Waals surface area contributed by atoms with Crippen LogP contribution in [0, 0.1) is 5.92 Å². The van der Waals surface area contributed by atoms with E-state index >= 15 is 0 Å². The standard InChI is InChI=1S/C13H12ClNO4/c14-13(17)8-5-12(16)15(7-8)9-1-2-10-11(6-9)19-4-3-18-10/h1-2,6,8H,3-5,7H2. The Bertz CT molecular complexity index is 545. The molecule has 19 heavy (non-hydrogen) atoms. The van der Waals surface area contributed by atoms with Crippen LogP contribution in [0.25, 0.3) is 0 Å². The third-order valence-electron chi connectivity index (χ3n) is 3.28. The fraction of sp³-hybridized carbons (Fsp3) is 0.385. The van der Waals surface area contributed by atoms with Crippen molar-refractivity contribution in [3.8, 4) is 11.5 Å². The average Bonchev–Trinajstić information content (AvgIpc) is 2.80. The summed E-state index contributed by atoms with van der Waals surface area (Å²) in [6.45, 7) is 1.34. The predicted molar refractivity (Wildman–Crippen MR) is 68.8 cm³/mol. The number of rotatable bonds is 2. The van der Waals surface area contributed by atoms with Gasteiger partial charge in [-0.15, -0.1) is 0 Å². The van der Waals surface area contributed by atoms with Gasteiger partial charge in [0.05, 0.1) is 5.92 Å². The average molecular weight is 282 g/mol. The summed E-state index contributed by atoms with van der Waals surface area (Å²) in [5, 5.41) is -0.464. The maximum Gasteiger partial charge on any atom is 0.227 e. The van der Waals surface area contributed by atoms with Crippen molar-refractivity contribution >= 4 is 28.4 Å². The minimum absolute atomic E-state index is 0.101. The van der Waals surface area contributed by atoms with Crippen LogP contribution in [0.5, 0.6) is 11.5 Å². The molecule has 5 nitrogen and oxygen atoms in total. The number of hydrogen-bond donors (Lipinski definition) is 0. The van der Waals surface area contributed by atoms with Crippen molar-refractivity contribution in [2.45, 2.75) is 6.42 Å². The van der Waals surface area contributed by atoms with Crippen LogP contribution in [0.2, 0.25) is 0 Å². The zero-order valence-electron chi connectivity index (χ0n) is 10.1. The molecule has 2 aliphatic rings. The van der Waals surface area contributed by atoms with Crippen LogP contribution in [0.3, 0.4) is 0 Å². The first-order valence-electron chi connectivity index (χ1n) is 6.04. The van der Waals surface area contributed by atoms with Crippen molar-refractivity contribution in [2.24, 2.45) is 5.92 Å². The fourth-order valence-electron chi connectivity index (χ4n) is 2.31. The number of benzene rings is 1. The van der Waals surface area contributed by atoms with E-state index in [1.165, 1.54) is 0 Å². The quantitative estimate of drug-likeness (QED) is 0.772. The van der Waals surface area contributed by atoms with E-state index in [-0.39, 0.29) is 12.3 Å². The van der Waals surface area contributed by atoms with Gasteiger partial charge >= 0.3 is 0 Å². The van der Waals surface area contributed by atoms with Gasteiger partial charge in [-0.3, -0.25) is 9.59 Å². The van der Waals surface area contributed by atoms with Gasteiger partial charge in [0.15, 0.2) is 11.5 Å². The summed E-state index contributed by atoms with van der Waals surface area (Å²) < 4.78 is 10.9. The number of halogens is 1. The molecule has 1 unspecified atom stereocenters. The van der Waals surface area contributed by atoms with Crippen LogP contribution in [0.1, 0.15) is 6.42 Å². The lowest BCUT2D eigenvalue weighted by molar-refractivity contribution is -0.120. The van der Waals surface area contributed by atoms with Gasteiger partial charge in [0.1, 0.15) is 13.2 Å². The first kappa shape index (κ1) is 12.3. The molecular formula is C13H12ClNO4. The zero-order valence-corrected chi connectivity index (χ0v) is 10.9. The van der Waals surface area contributed by atoms with Gasteiger partial charge in [-0.05, 0) is 23.7 Å². The van der Waals surface area contributed by atoms with Gasteiger partial charge in [-0.25, -0.2) is 0 Å². The molecule has 1 saturated heterocycles. The van der Waals surface area contributed by atoms with E-state index < -0.39 is 11.2 Å². The summed E-state index contributed by atoms with van der Waals surface area (Å²) in [5.74, 6) is 0.766. The number of fused-ring (bicyclic) bond motifs is 1. The number of ether oxygens (including phenoxy) is 2. The van der Waals surface area contributed by atoms with Gasteiger partial charge in [0.2, 0.25) is 11.1 Å². The monoisotopic (exact) mass is 281 g/mol. The molecule has 6 heteroatoms. The summed E-state index contributed by atoms with van der Waals surface area (Å²) in [6, 6.07) is 5.31. The summed E-state index contributed by atoms with van der Waals surface area (Å²) in [4.78, 5) is 24.6. The third-order valence-corrected chi connectivity index (χ3v) is 3.59. The minimum Gasteiger partial charge on any atom is -0.486 e. The number of carbonyl (C=O) groups is 2. The second kappa shape index (κ2) is 4.74. The molecule has 0 N–H and O–H groups in total. The lowest BCUT2D eigenvalue weighted by Gasteiger charge is -2.22. The number of anilines is 1. The molecule has 0 radical (unpaired) electrons. The summed E-state index contributed by atoms with van der Waals surface area (Å²) in [6.07, 6.45) is 0.163. The second-order valence-corrected chi connectivity index (χ2v) is 4.91. The van der Waals surface area contributed by atoms with Gasteiger partial charge in [-0.1, -0.05) is 0 Å². The molecule has 1 fully saturated rings. The number of nitrogens with zero attached hydrogens (tertiary/aromatic N) is 1. The van der Waals surface area contributed by atoms with Crippen LogP contribution in [0.4, 0.5) is 5.69 Å². The molecule has 1 atom stereocenters. The van der Waals surface area contributed by atoms with Crippen molar-refractivity contribution in [1.82, 2.24) is 0 Å². The molecule has 0 spiro atoms.